The van der Waals surface area contributed by atoms with Gasteiger partial charge in [-0.15, -0.1) is 0 Å². The molecule has 3 aromatic rings. The SMILES string of the molecule is O=C([O-])c1ccccc1-n1c2c(c3cc(F)ccc31)C(=O)C(CN1CC(F)(F)C1)CC2. The molecule has 8 heteroatoms. The Kier molecular flexibility index (Phi) is 4.44. The first kappa shape index (κ1) is 19.8. The van der Waals surface area contributed by atoms with Crippen molar-refractivity contribution in [1.29, 1.82) is 0 Å². The topological polar surface area (TPSA) is 65.4 Å². The van der Waals surface area contributed by atoms with Crippen molar-refractivity contribution >= 4 is 22.7 Å². The third-order valence-electron chi connectivity index (χ3n) is 6.13. The fourth-order valence-electron chi connectivity index (χ4n) is 4.81. The number of ketones is 1. The van der Waals surface area contributed by atoms with Gasteiger partial charge in [0.05, 0.1) is 30.3 Å². The van der Waals surface area contributed by atoms with Crippen LogP contribution in [0.25, 0.3) is 16.6 Å². The minimum atomic E-state index is -2.71. The number of aromatic nitrogens is 1. The average molecular weight is 427 g/mol. The predicted molar refractivity (Wildman–Crippen MR) is 105 cm³/mol. The number of nitrogens with zero attached hydrogens (tertiary/aromatic N) is 2. The molecule has 0 amide bonds. The third kappa shape index (κ3) is 3.22. The number of carboxylic acids is 1. The molecule has 2 heterocycles. The van der Waals surface area contributed by atoms with Crippen molar-refractivity contribution < 1.29 is 27.9 Å². The van der Waals surface area contributed by atoms with Crippen LogP contribution in [0.5, 0.6) is 0 Å². The van der Waals surface area contributed by atoms with Crippen LogP contribution in [-0.4, -0.2) is 46.8 Å². The number of hydrogen-bond donors (Lipinski definition) is 0. The van der Waals surface area contributed by atoms with Gasteiger partial charge < -0.3 is 14.5 Å². The van der Waals surface area contributed by atoms with Crippen LogP contribution in [0.3, 0.4) is 0 Å². The van der Waals surface area contributed by atoms with Crippen LogP contribution in [0.2, 0.25) is 0 Å². The summed E-state index contributed by atoms with van der Waals surface area (Å²) in [5.41, 5.74) is 1.76. The summed E-state index contributed by atoms with van der Waals surface area (Å²) in [4.78, 5) is 26.6. The third-order valence-corrected chi connectivity index (χ3v) is 6.13. The molecule has 2 aliphatic rings. The number of para-hydroxylation sites is 1. The molecule has 0 N–H and O–H groups in total. The molecular weight excluding hydrogens is 409 g/mol. The van der Waals surface area contributed by atoms with E-state index in [1.807, 2.05) is 0 Å². The lowest BCUT2D eigenvalue weighted by molar-refractivity contribution is -0.255. The van der Waals surface area contributed by atoms with E-state index >= 15 is 0 Å². The van der Waals surface area contributed by atoms with Crippen molar-refractivity contribution in [2.75, 3.05) is 19.6 Å². The van der Waals surface area contributed by atoms with Gasteiger partial charge in [-0.25, -0.2) is 13.2 Å². The quantitative estimate of drug-likeness (QED) is 0.642. The Hall–Kier alpha value is -3.13. The first-order valence-electron chi connectivity index (χ1n) is 10.0. The van der Waals surface area contributed by atoms with Gasteiger partial charge in [0.2, 0.25) is 0 Å². The molecule has 5 rings (SSSR count). The summed E-state index contributed by atoms with van der Waals surface area (Å²) in [7, 11) is 0. The van der Waals surface area contributed by atoms with Crippen molar-refractivity contribution in [2.45, 2.75) is 18.8 Å². The van der Waals surface area contributed by atoms with E-state index in [9.17, 15) is 27.9 Å². The van der Waals surface area contributed by atoms with Crippen molar-refractivity contribution in [3.63, 3.8) is 0 Å². The summed E-state index contributed by atoms with van der Waals surface area (Å²) in [6.07, 6.45) is 0.883. The Morgan fingerprint density at radius 1 is 1.16 bits per heavy atom. The number of carboxylic acid groups (broad SMARTS) is 1. The highest BCUT2D eigenvalue weighted by atomic mass is 19.3. The van der Waals surface area contributed by atoms with E-state index in [1.165, 1.54) is 24.3 Å². The lowest BCUT2D eigenvalue weighted by atomic mass is 9.84. The maximum absolute atomic E-state index is 14.1. The molecule has 1 fully saturated rings. The fourth-order valence-corrected chi connectivity index (χ4v) is 4.81. The van der Waals surface area contributed by atoms with E-state index in [1.54, 1.807) is 27.7 Å². The number of Topliss-reactive ketones (excluding diaryl/α,β-unsaturated/α-hetero) is 1. The van der Waals surface area contributed by atoms with Crippen LogP contribution in [-0.2, 0) is 6.42 Å². The summed E-state index contributed by atoms with van der Waals surface area (Å²) in [5.74, 6) is -5.28. The highest BCUT2D eigenvalue weighted by Crippen LogP contribution is 2.38. The van der Waals surface area contributed by atoms with E-state index in [-0.39, 0.29) is 31.0 Å². The number of likely N-dealkylation sites (tertiary alicyclic amines) is 1. The van der Waals surface area contributed by atoms with Crippen molar-refractivity contribution in [2.24, 2.45) is 5.92 Å². The number of carbonyl (C=O) groups excluding carboxylic acids is 2. The molecule has 160 valence electrons. The molecule has 0 radical (unpaired) electrons. The predicted octanol–water partition coefficient (Wildman–Crippen LogP) is 2.83. The number of alkyl halides is 2. The maximum atomic E-state index is 14.1. The average Bonchev–Trinajstić information content (AvgIpc) is 3.02. The lowest BCUT2D eigenvalue weighted by Gasteiger charge is -2.40. The molecular formula is C23H18F3N2O3-. The normalized spacial score (nSPS) is 20.5. The second-order valence-corrected chi connectivity index (χ2v) is 8.25. The number of aromatic carboxylic acids is 1. The van der Waals surface area contributed by atoms with Gasteiger partial charge in [-0.1, -0.05) is 18.2 Å². The minimum Gasteiger partial charge on any atom is -0.545 e. The van der Waals surface area contributed by atoms with Gasteiger partial charge in [0.15, 0.2) is 5.78 Å². The summed E-state index contributed by atoms with van der Waals surface area (Å²) >= 11 is 0. The standard InChI is InChI=1S/C23H19F3N2O3/c24-14-6-8-18-16(9-14)20-19(28(18)17-4-2-1-3-15(17)22(30)31)7-5-13(21(20)29)10-27-11-23(25,26)12-27/h1-4,6,8-9,13H,5,7,10-12H2,(H,30,31)/p-1. The Bertz CT molecular complexity index is 1230. The number of rotatable bonds is 4. The summed E-state index contributed by atoms with van der Waals surface area (Å²) in [6.45, 7) is -0.497. The highest BCUT2D eigenvalue weighted by molar-refractivity contribution is 6.12. The summed E-state index contributed by atoms with van der Waals surface area (Å²) in [6, 6.07) is 10.3. The van der Waals surface area contributed by atoms with Gasteiger partial charge >= 0.3 is 0 Å². The molecule has 0 spiro atoms. The second-order valence-electron chi connectivity index (χ2n) is 8.25. The molecule has 1 aliphatic heterocycles. The first-order valence-corrected chi connectivity index (χ1v) is 10.0. The number of fused-ring (bicyclic) bond motifs is 3. The van der Waals surface area contributed by atoms with Crippen molar-refractivity contribution in [3.05, 3.63) is 65.1 Å². The molecule has 1 atom stereocenters. The zero-order valence-corrected chi connectivity index (χ0v) is 16.4. The van der Waals surface area contributed by atoms with Gasteiger partial charge in [0, 0.05) is 34.7 Å². The Morgan fingerprint density at radius 2 is 1.90 bits per heavy atom. The van der Waals surface area contributed by atoms with Crippen molar-refractivity contribution in [3.8, 4) is 5.69 Å². The largest absolute Gasteiger partial charge is 0.545 e. The Labute approximate surface area is 175 Å². The maximum Gasteiger partial charge on any atom is 0.272 e. The molecule has 0 bridgehead atoms. The van der Waals surface area contributed by atoms with Gasteiger partial charge in [-0.2, -0.15) is 0 Å². The number of carbonyl (C=O) groups is 2. The molecule has 1 aliphatic carbocycles. The lowest BCUT2D eigenvalue weighted by Crippen LogP contribution is -2.57. The van der Waals surface area contributed by atoms with E-state index in [0.717, 1.165) is 0 Å². The number of hydrogen-bond acceptors (Lipinski definition) is 4. The molecule has 5 nitrogen and oxygen atoms in total. The zero-order valence-electron chi connectivity index (χ0n) is 16.4. The van der Waals surface area contributed by atoms with Crippen molar-refractivity contribution in [1.82, 2.24) is 9.47 Å². The summed E-state index contributed by atoms with van der Waals surface area (Å²) in [5, 5.41) is 12.1. The second kappa shape index (κ2) is 6.95. The molecule has 0 saturated carbocycles. The van der Waals surface area contributed by atoms with Gasteiger partial charge in [0.25, 0.3) is 5.92 Å². The highest BCUT2D eigenvalue weighted by Gasteiger charge is 2.45. The number of benzene rings is 2. The van der Waals surface area contributed by atoms with Gasteiger partial charge in [0.1, 0.15) is 5.82 Å². The van der Waals surface area contributed by atoms with Crippen LogP contribution < -0.4 is 5.11 Å². The van der Waals surface area contributed by atoms with Gasteiger partial charge in [-0.05, 0) is 37.1 Å². The molecule has 31 heavy (non-hydrogen) atoms. The number of halogens is 3. The zero-order chi connectivity index (χ0) is 21.9. The van der Waals surface area contributed by atoms with E-state index in [2.05, 4.69) is 0 Å². The van der Waals surface area contributed by atoms with E-state index < -0.39 is 23.6 Å². The Morgan fingerprint density at radius 3 is 2.61 bits per heavy atom. The van der Waals surface area contributed by atoms with Crippen LogP contribution >= 0.6 is 0 Å². The van der Waals surface area contributed by atoms with Gasteiger partial charge in [-0.3, -0.25) is 9.69 Å². The van der Waals surface area contributed by atoms with Crippen LogP contribution in [0.4, 0.5) is 13.2 Å². The first-order chi connectivity index (χ1) is 14.7. The van der Waals surface area contributed by atoms with E-state index in [0.29, 0.717) is 40.7 Å². The van der Waals surface area contributed by atoms with Crippen LogP contribution in [0.1, 0.15) is 32.8 Å². The molecule has 1 unspecified atom stereocenters. The minimum absolute atomic E-state index is 0.0380. The Balaban J connectivity index is 1.63. The summed E-state index contributed by atoms with van der Waals surface area (Å²) < 4.78 is 42.2. The molecule has 2 aromatic carbocycles. The molecule has 1 saturated heterocycles. The monoisotopic (exact) mass is 427 g/mol. The van der Waals surface area contributed by atoms with Crippen LogP contribution in [0.15, 0.2) is 42.5 Å². The van der Waals surface area contributed by atoms with Crippen LogP contribution in [0, 0.1) is 11.7 Å². The van der Waals surface area contributed by atoms with E-state index in [4.69, 9.17) is 0 Å². The smallest absolute Gasteiger partial charge is 0.272 e. The fraction of sp³-hybridized carbons (Fsp3) is 0.304. The molecule has 1 aromatic heterocycles.